The quantitative estimate of drug-likeness (QED) is 0.184. The Balaban J connectivity index is 1.37. The summed E-state index contributed by atoms with van der Waals surface area (Å²) in [6.45, 7) is 0. The van der Waals surface area contributed by atoms with Crippen LogP contribution in [-0.4, -0.2) is 4.57 Å². The molecule has 2 heteroatoms. The molecular formula is C44H29NS. The lowest BCUT2D eigenvalue weighted by atomic mass is 9.94. The van der Waals surface area contributed by atoms with E-state index in [2.05, 4.69) is 180 Å². The summed E-state index contributed by atoms with van der Waals surface area (Å²) in [5, 5.41) is 5.09. The Morgan fingerprint density at radius 2 is 0.848 bits per heavy atom. The van der Waals surface area contributed by atoms with Crippen LogP contribution in [0.5, 0.6) is 0 Å². The lowest BCUT2D eigenvalue weighted by Crippen LogP contribution is -1.98. The first-order chi connectivity index (χ1) is 22.8. The summed E-state index contributed by atoms with van der Waals surface area (Å²) in [4.78, 5) is 2.58. The molecule has 0 N–H and O–H groups in total. The minimum absolute atomic E-state index is 1.19. The zero-order valence-corrected chi connectivity index (χ0v) is 25.9. The van der Waals surface area contributed by atoms with Gasteiger partial charge in [0.2, 0.25) is 0 Å². The van der Waals surface area contributed by atoms with Gasteiger partial charge in [-0.25, -0.2) is 0 Å². The van der Waals surface area contributed by atoms with Gasteiger partial charge in [-0.05, 0) is 52.1 Å². The third-order valence-electron chi connectivity index (χ3n) is 9.03. The molecule has 0 unspecified atom stereocenters. The second kappa shape index (κ2) is 11.0. The van der Waals surface area contributed by atoms with E-state index in [9.17, 15) is 0 Å². The smallest absolute Gasteiger partial charge is 0.0555 e. The van der Waals surface area contributed by atoms with Crippen molar-refractivity contribution in [3.05, 3.63) is 176 Å². The highest BCUT2D eigenvalue weighted by Crippen LogP contribution is 2.50. The van der Waals surface area contributed by atoms with Crippen LogP contribution in [0.15, 0.2) is 176 Å². The van der Waals surface area contributed by atoms with Crippen LogP contribution in [0, 0.1) is 0 Å². The fourth-order valence-corrected chi connectivity index (χ4v) is 8.31. The zero-order chi connectivity index (χ0) is 30.5. The third kappa shape index (κ3) is 4.30. The maximum Gasteiger partial charge on any atom is 0.0555 e. The molecule has 0 spiro atoms. The van der Waals surface area contributed by atoms with E-state index < -0.39 is 0 Å². The molecule has 9 rings (SSSR count). The van der Waals surface area contributed by atoms with Crippen molar-refractivity contribution in [2.24, 2.45) is 0 Å². The average molecular weight is 604 g/mol. The molecule has 0 bridgehead atoms. The first kappa shape index (κ1) is 26.7. The molecule has 7 aromatic carbocycles. The maximum absolute atomic E-state index is 2.47. The second-order valence-corrected chi connectivity index (χ2v) is 12.7. The number of hydrogen-bond donors (Lipinski definition) is 0. The van der Waals surface area contributed by atoms with Crippen molar-refractivity contribution in [2.45, 2.75) is 0 Å². The number of para-hydroxylation sites is 2. The Morgan fingerprint density at radius 1 is 0.348 bits per heavy atom. The summed E-state index contributed by atoms with van der Waals surface area (Å²) in [6.07, 6.45) is 0. The molecule has 2 heterocycles. The van der Waals surface area contributed by atoms with Gasteiger partial charge < -0.3 is 4.57 Å². The van der Waals surface area contributed by atoms with E-state index in [1.54, 1.807) is 0 Å². The first-order valence-corrected chi connectivity index (χ1v) is 16.5. The zero-order valence-electron chi connectivity index (χ0n) is 25.1. The molecule has 0 aliphatic rings. The van der Waals surface area contributed by atoms with Crippen LogP contribution < -0.4 is 0 Å². The Labute approximate surface area is 272 Å². The van der Waals surface area contributed by atoms with Gasteiger partial charge in [-0.2, -0.15) is 0 Å². The van der Waals surface area contributed by atoms with E-state index in [-0.39, 0.29) is 0 Å². The van der Waals surface area contributed by atoms with E-state index in [4.69, 9.17) is 0 Å². The fraction of sp³-hybridized carbons (Fsp3) is 0. The molecule has 0 aliphatic heterocycles. The molecule has 2 aromatic heterocycles. The van der Waals surface area contributed by atoms with Crippen molar-refractivity contribution in [2.75, 3.05) is 0 Å². The molecule has 9 aromatic rings. The van der Waals surface area contributed by atoms with E-state index in [0.717, 1.165) is 0 Å². The normalized spacial score (nSPS) is 11.5. The highest BCUT2D eigenvalue weighted by Gasteiger charge is 2.23. The Kier molecular flexibility index (Phi) is 6.40. The van der Waals surface area contributed by atoms with Gasteiger partial charge in [0, 0.05) is 36.9 Å². The number of fused-ring (bicyclic) bond motifs is 4. The van der Waals surface area contributed by atoms with Crippen molar-refractivity contribution in [3.8, 4) is 48.8 Å². The van der Waals surface area contributed by atoms with Gasteiger partial charge in [-0.1, -0.05) is 152 Å². The SMILES string of the molecule is c1ccc(-c2cccc(-c3sc(-c4c(-c5ccccc5)cccc4-n4c5ccccc5c5ccccc54)c4ccccc34)c2)cc1. The molecule has 0 saturated carbocycles. The lowest BCUT2D eigenvalue weighted by Gasteiger charge is -2.18. The fourth-order valence-electron chi connectivity index (χ4n) is 6.97. The third-order valence-corrected chi connectivity index (χ3v) is 10.3. The van der Waals surface area contributed by atoms with Crippen LogP contribution in [0.1, 0.15) is 0 Å². The number of hydrogen-bond acceptors (Lipinski definition) is 1. The monoisotopic (exact) mass is 603 g/mol. The largest absolute Gasteiger partial charge is 0.309 e. The average Bonchev–Trinajstić information content (AvgIpc) is 3.68. The minimum Gasteiger partial charge on any atom is -0.309 e. The number of aromatic nitrogens is 1. The van der Waals surface area contributed by atoms with E-state index >= 15 is 0 Å². The Bertz CT molecular complexity index is 2460. The van der Waals surface area contributed by atoms with Gasteiger partial charge in [0.05, 0.1) is 16.7 Å². The number of thiophene rings is 1. The predicted molar refractivity (Wildman–Crippen MR) is 198 cm³/mol. The van der Waals surface area contributed by atoms with Crippen LogP contribution in [0.25, 0.3) is 81.4 Å². The molecule has 0 radical (unpaired) electrons. The highest BCUT2D eigenvalue weighted by atomic mass is 32.1. The van der Waals surface area contributed by atoms with Crippen molar-refractivity contribution in [1.29, 1.82) is 0 Å². The van der Waals surface area contributed by atoms with Crippen LogP contribution in [0.3, 0.4) is 0 Å². The predicted octanol–water partition coefficient (Wildman–Crippen LogP) is 12.7. The van der Waals surface area contributed by atoms with E-state index in [1.807, 2.05) is 11.3 Å². The van der Waals surface area contributed by atoms with Gasteiger partial charge in [-0.15, -0.1) is 11.3 Å². The Hall–Kier alpha value is -5.70. The molecule has 0 fully saturated rings. The lowest BCUT2D eigenvalue weighted by molar-refractivity contribution is 1.18. The van der Waals surface area contributed by atoms with Gasteiger partial charge in [-0.3, -0.25) is 0 Å². The van der Waals surface area contributed by atoms with Crippen LogP contribution in [0.4, 0.5) is 0 Å². The number of benzene rings is 7. The summed E-state index contributed by atoms with van der Waals surface area (Å²) < 4.78 is 2.47. The van der Waals surface area contributed by atoms with Crippen molar-refractivity contribution in [3.63, 3.8) is 0 Å². The van der Waals surface area contributed by atoms with Gasteiger partial charge in [0.25, 0.3) is 0 Å². The summed E-state index contributed by atoms with van der Waals surface area (Å²) in [5.74, 6) is 0. The molecule has 46 heavy (non-hydrogen) atoms. The molecule has 216 valence electrons. The topological polar surface area (TPSA) is 4.93 Å². The summed E-state index contributed by atoms with van der Waals surface area (Å²) in [6, 6.07) is 63.8. The molecule has 0 saturated heterocycles. The summed E-state index contributed by atoms with van der Waals surface area (Å²) in [7, 11) is 0. The molecule has 0 aliphatic carbocycles. The van der Waals surface area contributed by atoms with Crippen molar-refractivity contribution in [1.82, 2.24) is 4.57 Å². The van der Waals surface area contributed by atoms with E-state index in [0.29, 0.717) is 0 Å². The molecule has 0 atom stereocenters. The van der Waals surface area contributed by atoms with Gasteiger partial charge >= 0.3 is 0 Å². The van der Waals surface area contributed by atoms with Gasteiger partial charge in [0.1, 0.15) is 0 Å². The van der Waals surface area contributed by atoms with Crippen LogP contribution in [0.2, 0.25) is 0 Å². The maximum atomic E-state index is 2.47. The molecule has 1 nitrogen and oxygen atoms in total. The minimum atomic E-state index is 1.19. The number of nitrogens with zero attached hydrogens (tertiary/aromatic N) is 1. The highest BCUT2D eigenvalue weighted by molar-refractivity contribution is 7.21. The van der Waals surface area contributed by atoms with Gasteiger partial charge in [0.15, 0.2) is 0 Å². The van der Waals surface area contributed by atoms with Crippen LogP contribution in [-0.2, 0) is 0 Å². The summed E-state index contributed by atoms with van der Waals surface area (Å²) in [5.41, 5.74) is 11.0. The number of rotatable bonds is 5. The van der Waals surface area contributed by atoms with Crippen molar-refractivity contribution >= 4 is 43.9 Å². The standard InChI is InChI=1S/C44H29NS/c1-3-15-30(16-4-1)32-19-13-20-33(29-32)43-37-23-7-8-24-38(37)44(46-43)42-34(31-17-5-2-6-18-31)25-14-28-41(42)45-39-26-11-9-21-35(39)36-22-10-12-27-40(36)45/h1-29H. The summed E-state index contributed by atoms with van der Waals surface area (Å²) >= 11 is 1.90. The molecule has 0 amide bonds. The molecular weight excluding hydrogens is 575 g/mol. The van der Waals surface area contributed by atoms with Crippen LogP contribution >= 0.6 is 11.3 Å². The first-order valence-electron chi connectivity index (χ1n) is 15.7. The second-order valence-electron chi connectivity index (χ2n) is 11.7. The Morgan fingerprint density at radius 3 is 1.52 bits per heavy atom. The van der Waals surface area contributed by atoms with Crippen molar-refractivity contribution < 1.29 is 0 Å². The van der Waals surface area contributed by atoms with E-state index in [1.165, 1.54) is 81.4 Å².